The van der Waals surface area contributed by atoms with Gasteiger partial charge in [-0.05, 0) is 37.7 Å². The van der Waals surface area contributed by atoms with Crippen LogP contribution < -0.4 is 4.74 Å². The molecular weight excluding hydrogens is 322 g/mol. The number of piperazine rings is 1. The molecule has 0 aliphatic carbocycles. The molecule has 2 heterocycles. The van der Waals surface area contributed by atoms with Crippen LogP contribution in [0.5, 0.6) is 11.5 Å². The highest BCUT2D eigenvalue weighted by Crippen LogP contribution is 2.41. The summed E-state index contributed by atoms with van der Waals surface area (Å²) in [5, 5.41) is 0.655. The molecule has 0 unspecified atom stereocenters. The quantitative estimate of drug-likeness (QED) is 0.722. The maximum absolute atomic E-state index is 6.22. The first-order valence-electron chi connectivity index (χ1n) is 8.21. The van der Waals surface area contributed by atoms with E-state index in [9.17, 15) is 0 Å². The normalized spacial score (nSPS) is 17.5. The molecule has 124 valence electrons. The number of likely N-dealkylation sites (N-methyl/N-ethyl adjacent to an activating group) is 1. The number of fused-ring (bicyclic) bond motifs is 2. The molecule has 0 amide bonds. The fraction of sp³-hybridized carbons (Fsp3) is 0.316. The van der Waals surface area contributed by atoms with Crippen molar-refractivity contribution in [2.24, 2.45) is 4.99 Å². The van der Waals surface area contributed by atoms with Gasteiger partial charge in [0.15, 0.2) is 5.75 Å². The topological polar surface area (TPSA) is 28.1 Å². The van der Waals surface area contributed by atoms with E-state index in [2.05, 4.69) is 42.0 Å². The number of ether oxygens (including phenoxy) is 1. The average Bonchev–Trinajstić information content (AvgIpc) is 2.73. The molecule has 4 rings (SSSR count). The van der Waals surface area contributed by atoms with E-state index in [0.717, 1.165) is 54.6 Å². The van der Waals surface area contributed by atoms with Gasteiger partial charge in [-0.2, -0.15) is 0 Å². The van der Waals surface area contributed by atoms with Crippen LogP contribution in [0.3, 0.4) is 0 Å². The molecular formula is C19H20ClN3O. The lowest BCUT2D eigenvalue weighted by atomic mass is 10.1. The van der Waals surface area contributed by atoms with Gasteiger partial charge >= 0.3 is 0 Å². The number of aliphatic imine (C=N–C) groups is 1. The summed E-state index contributed by atoms with van der Waals surface area (Å²) in [6, 6.07) is 11.8. The van der Waals surface area contributed by atoms with Crippen LogP contribution >= 0.6 is 11.6 Å². The summed E-state index contributed by atoms with van der Waals surface area (Å²) in [5.74, 6) is 2.57. The lowest BCUT2D eigenvalue weighted by molar-refractivity contribution is 0.215. The molecule has 0 saturated carbocycles. The van der Waals surface area contributed by atoms with Crippen molar-refractivity contribution in [3.05, 3.63) is 52.5 Å². The van der Waals surface area contributed by atoms with Gasteiger partial charge < -0.3 is 14.5 Å². The molecule has 2 aliphatic heterocycles. The summed E-state index contributed by atoms with van der Waals surface area (Å²) >= 11 is 6.15. The van der Waals surface area contributed by atoms with Crippen molar-refractivity contribution in [2.45, 2.75) is 6.92 Å². The highest BCUT2D eigenvalue weighted by atomic mass is 35.5. The van der Waals surface area contributed by atoms with Crippen LogP contribution in [-0.4, -0.2) is 48.9 Å². The van der Waals surface area contributed by atoms with Crippen molar-refractivity contribution in [3.8, 4) is 11.5 Å². The third-order valence-corrected chi connectivity index (χ3v) is 4.85. The molecule has 0 aromatic heterocycles. The van der Waals surface area contributed by atoms with E-state index in [0.29, 0.717) is 10.8 Å². The predicted molar refractivity (Wildman–Crippen MR) is 98.0 cm³/mol. The van der Waals surface area contributed by atoms with Crippen molar-refractivity contribution in [3.63, 3.8) is 0 Å². The lowest BCUT2D eigenvalue weighted by Gasteiger charge is -2.34. The molecule has 4 nitrogen and oxygen atoms in total. The second-order valence-electron chi connectivity index (χ2n) is 6.39. The maximum atomic E-state index is 6.22. The molecule has 2 aliphatic rings. The Balaban J connectivity index is 1.86. The van der Waals surface area contributed by atoms with Gasteiger partial charge in [-0.15, -0.1) is 0 Å². The third-order valence-electron chi connectivity index (χ3n) is 4.62. The summed E-state index contributed by atoms with van der Waals surface area (Å²) in [6.45, 7) is 6.07. The molecule has 24 heavy (non-hydrogen) atoms. The standard InChI is InChI=1S/C19H20ClN3O/c1-13-4-3-5-15-18(13)24-17-12-14(20)6-7-16(17)21-19(15)23-10-8-22(2)9-11-23/h3-7,12H,8-11H2,1-2H3. The second kappa shape index (κ2) is 6.11. The summed E-state index contributed by atoms with van der Waals surface area (Å²) in [7, 11) is 2.16. The smallest absolute Gasteiger partial charge is 0.154 e. The highest BCUT2D eigenvalue weighted by molar-refractivity contribution is 6.30. The van der Waals surface area contributed by atoms with Crippen LogP contribution in [-0.2, 0) is 0 Å². The molecule has 1 fully saturated rings. The summed E-state index contributed by atoms with van der Waals surface area (Å²) < 4.78 is 6.22. The minimum atomic E-state index is 0.655. The van der Waals surface area contributed by atoms with Gasteiger partial charge in [-0.1, -0.05) is 23.7 Å². The molecule has 2 aromatic carbocycles. The zero-order chi connectivity index (χ0) is 16.7. The number of amidine groups is 1. The van der Waals surface area contributed by atoms with Gasteiger partial charge in [0, 0.05) is 37.3 Å². The highest BCUT2D eigenvalue weighted by Gasteiger charge is 2.25. The number of aryl methyl sites for hydroxylation is 1. The Morgan fingerprint density at radius 1 is 1.08 bits per heavy atom. The van der Waals surface area contributed by atoms with Gasteiger partial charge in [-0.25, -0.2) is 4.99 Å². The first kappa shape index (κ1) is 15.5. The van der Waals surface area contributed by atoms with Crippen LogP contribution in [0.2, 0.25) is 5.02 Å². The van der Waals surface area contributed by atoms with Gasteiger partial charge in [0.25, 0.3) is 0 Å². The molecule has 5 heteroatoms. The van der Waals surface area contributed by atoms with Crippen molar-refractivity contribution >= 4 is 23.1 Å². The molecule has 0 bridgehead atoms. The van der Waals surface area contributed by atoms with E-state index in [1.54, 1.807) is 0 Å². The largest absolute Gasteiger partial charge is 0.454 e. The number of nitrogens with zero attached hydrogens (tertiary/aromatic N) is 3. The number of hydrogen-bond donors (Lipinski definition) is 0. The van der Waals surface area contributed by atoms with Gasteiger partial charge in [0.05, 0.1) is 5.56 Å². The minimum absolute atomic E-state index is 0.655. The van der Waals surface area contributed by atoms with Gasteiger partial charge in [0.2, 0.25) is 0 Å². The van der Waals surface area contributed by atoms with Crippen molar-refractivity contribution < 1.29 is 4.74 Å². The Hall–Kier alpha value is -2.04. The first-order valence-corrected chi connectivity index (χ1v) is 8.59. The maximum Gasteiger partial charge on any atom is 0.154 e. The Bertz CT molecular complexity index is 810. The molecule has 0 atom stereocenters. The Morgan fingerprint density at radius 3 is 2.67 bits per heavy atom. The summed E-state index contributed by atoms with van der Waals surface area (Å²) in [4.78, 5) is 9.65. The summed E-state index contributed by atoms with van der Waals surface area (Å²) in [6.07, 6.45) is 0. The van der Waals surface area contributed by atoms with Crippen molar-refractivity contribution in [2.75, 3.05) is 33.2 Å². The van der Waals surface area contributed by atoms with Crippen LogP contribution in [0.1, 0.15) is 11.1 Å². The number of benzene rings is 2. The first-order chi connectivity index (χ1) is 11.6. The molecule has 2 aromatic rings. The van der Waals surface area contributed by atoms with Gasteiger partial charge in [-0.3, -0.25) is 0 Å². The molecule has 1 saturated heterocycles. The minimum Gasteiger partial charge on any atom is -0.454 e. The number of hydrogen-bond acceptors (Lipinski definition) is 4. The SMILES string of the molecule is Cc1cccc2c1Oc1cc(Cl)ccc1N=C2N1CCN(C)CC1. The molecule has 0 radical (unpaired) electrons. The van der Waals surface area contributed by atoms with Gasteiger partial charge in [0.1, 0.15) is 17.3 Å². The van der Waals surface area contributed by atoms with Crippen molar-refractivity contribution in [1.29, 1.82) is 0 Å². The average molecular weight is 342 g/mol. The van der Waals surface area contributed by atoms with Crippen LogP contribution in [0.25, 0.3) is 0 Å². The van der Waals surface area contributed by atoms with E-state index < -0.39 is 0 Å². The zero-order valence-electron chi connectivity index (χ0n) is 13.9. The van der Waals surface area contributed by atoms with Crippen LogP contribution in [0.4, 0.5) is 5.69 Å². The fourth-order valence-electron chi connectivity index (χ4n) is 3.17. The monoisotopic (exact) mass is 341 g/mol. The predicted octanol–water partition coefficient (Wildman–Crippen LogP) is 4.08. The van der Waals surface area contributed by atoms with E-state index in [-0.39, 0.29) is 0 Å². The Kier molecular flexibility index (Phi) is 3.94. The summed E-state index contributed by atoms with van der Waals surface area (Å²) in [5.41, 5.74) is 2.97. The van der Waals surface area contributed by atoms with E-state index in [1.165, 1.54) is 0 Å². The lowest BCUT2D eigenvalue weighted by Crippen LogP contribution is -2.47. The number of halogens is 1. The number of rotatable bonds is 0. The Labute approximate surface area is 147 Å². The second-order valence-corrected chi connectivity index (χ2v) is 6.83. The third kappa shape index (κ3) is 2.76. The molecule has 0 spiro atoms. The zero-order valence-corrected chi connectivity index (χ0v) is 14.7. The molecule has 0 N–H and O–H groups in total. The number of para-hydroxylation sites is 1. The van der Waals surface area contributed by atoms with Crippen LogP contribution in [0.15, 0.2) is 41.4 Å². The van der Waals surface area contributed by atoms with E-state index in [1.807, 2.05) is 18.2 Å². The van der Waals surface area contributed by atoms with E-state index in [4.69, 9.17) is 21.3 Å². The fourth-order valence-corrected chi connectivity index (χ4v) is 3.33. The van der Waals surface area contributed by atoms with Crippen molar-refractivity contribution in [1.82, 2.24) is 9.80 Å². The van der Waals surface area contributed by atoms with Crippen LogP contribution in [0, 0.1) is 6.92 Å². The van der Waals surface area contributed by atoms with E-state index >= 15 is 0 Å². The Morgan fingerprint density at radius 2 is 1.88 bits per heavy atom.